The van der Waals surface area contributed by atoms with Gasteiger partial charge < -0.3 is 5.32 Å². The molecule has 2 nitrogen and oxygen atoms in total. The lowest BCUT2D eigenvalue weighted by Crippen LogP contribution is -2.18. The average molecular weight is 218 g/mol. The second-order valence-corrected chi connectivity index (χ2v) is 5.38. The minimum atomic E-state index is 0.581. The van der Waals surface area contributed by atoms with E-state index in [1.807, 2.05) is 36.0 Å². The minimum Gasteiger partial charge on any atom is -0.381 e. The zero-order chi connectivity index (χ0) is 10.7. The van der Waals surface area contributed by atoms with E-state index in [0.717, 1.165) is 16.5 Å². The average Bonchev–Trinajstić information content (AvgIpc) is 2.65. The van der Waals surface area contributed by atoms with Crippen LogP contribution in [0.1, 0.15) is 18.9 Å². The number of thioether (sulfide) groups is 1. The molecule has 2 unspecified atom stereocenters. The molecule has 0 bridgehead atoms. The summed E-state index contributed by atoms with van der Waals surface area (Å²) >= 11 is 2.02. The summed E-state index contributed by atoms with van der Waals surface area (Å²) in [6.45, 7) is 2.27. The number of anilines is 1. The van der Waals surface area contributed by atoms with E-state index in [-0.39, 0.29) is 0 Å². The van der Waals surface area contributed by atoms with E-state index in [4.69, 9.17) is 5.26 Å². The van der Waals surface area contributed by atoms with Crippen molar-refractivity contribution in [3.05, 3.63) is 29.8 Å². The summed E-state index contributed by atoms with van der Waals surface area (Å²) in [5, 5.41) is 12.9. The zero-order valence-corrected chi connectivity index (χ0v) is 9.55. The van der Waals surface area contributed by atoms with Crippen molar-refractivity contribution in [3.8, 4) is 6.07 Å². The van der Waals surface area contributed by atoms with Crippen LogP contribution in [0.15, 0.2) is 24.3 Å². The van der Waals surface area contributed by atoms with Gasteiger partial charge in [-0.15, -0.1) is 0 Å². The summed E-state index contributed by atoms with van der Waals surface area (Å²) in [5.41, 5.74) is 1.84. The minimum absolute atomic E-state index is 0.581. The monoisotopic (exact) mass is 218 g/mol. The van der Waals surface area contributed by atoms with Gasteiger partial charge in [-0.3, -0.25) is 0 Å². The third-order valence-electron chi connectivity index (χ3n) is 2.58. The fourth-order valence-electron chi connectivity index (χ4n) is 1.79. The summed E-state index contributed by atoms with van der Waals surface area (Å²) in [7, 11) is 0. The molecule has 0 saturated carbocycles. The largest absolute Gasteiger partial charge is 0.381 e. The van der Waals surface area contributed by atoms with Crippen LogP contribution in [0.3, 0.4) is 0 Å². The standard InChI is InChI=1S/C12H14N2S/c1-9-6-12(8-15-9)14-11-4-2-10(7-13)3-5-11/h2-5,9,12,14H,6,8H2,1H3. The normalized spacial score (nSPS) is 24.8. The molecule has 0 radical (unpaired) electrons. The molecule has 0 amide bonds. The van der Waals surface area contributed by atoms with Crippen LogP contribution in [0.5, 0.6) is 0 Å². The Morgan fingerprint density at radius 3 is 2.67 bits per heavy atom. The second-order valence-electron chi connectivity index (χ2n) is 3.91. The van der Waals surface area contributed by atoms with Crippen molar-refractivity contribution in [2.75, 3.05) is 11.1 Å². The Labute approximate surface area is 94.7 Å². The number of hydrogen-bond acceptors (Lipinski definition) is 3. The van der Waals surface area contributed by atoms with Crippen molar-refractivity contribution in [2.45, 2.75) is 24.6 Å². The third kappa shape index (κ3) is 2.66. The molecule has 2 atom stereocenters. The predicted molar refractivity (Wildman–Crippen MR) is 65.1 cm³/mol. The maximum absolute atomic E-state index is 8.67. The Morgan fingerprint density at radius 1 is 1.40 bits per heavy atom. The van der Waals surface area contributed by atoms with Crippen LogP contribution in [-0.2, 0) is 0 Å². The van der Waals surface area contributed by atoms with Gasteiger partial charge in [0.25, 0.3) is 0 Å². The molecule has 78 valence electrons. The van der Waals surface area contributed by atoms with Gasteiger partial charge in [-0.1, -0.05) is 6.92 Å². The van der Waals surface area contributed by atoms with Crippen molar-refractivity contribution >= 4 is 17.4 Å². The molecule has 1 N–H and O–H groups in total. The summed E-state index contributed by atoms with van der Waals surface area (Å²) in [6.07, 6.45) is 1.23. The smallest absolute Gasteiger partial charge is 0.0991 e. The highest BCUT2D eigenvalue weighted by atomic mass is 32.2. The third-order valence-corrected chi connectivity index (χ3v) is 3.94. The maximum Gasteiger partial charge on any atom is 0.0991 e. The molecule has 1 fully saturated rings. The Morgan fingerprint density at radius 2 is 2.13 bits per heavy atom. The summed E-state index contributed by atoms with van der Waals surface area (Å²) in [6, 6.07) is 10.4. The SMILES string of the molecule is CC1CC(Nc2ccc(C#N)cc2)CS1. The van der Waals surface area contributed by atoms with Gasteiger partial charge in [-0.05, 0) is 30.7 Å². The molecule has 1 saturated heterocycles. The topological polar surface area (TPSA) is 35.8 Å². The lowest BCUT2D eigenvalue weighted by atomic mass is 10.1. The van der Waals surface area contributed by atoms with Crippen LogP contribution in [0.25, 0.3) is 0 Å². The molecule has 0 spiro atoms. The molecule has 1 aromatic rings. The van der Waals surface area contributed by atoms with Crippen molar-refractivity contribution in [1.82, 2.24) is 0 Å². The van der Waals surface area contributed by atoms with Crippen LogP contribution >= 0.6 is 11.8 Å². The first-order valence-electron chi connectivity index (χ1n) is 5.16. The zero-order valence-electron chi connectivity index (χ0n) is 8.73. The van der Waals surface area contributed by atoms with E-state index in [9.17, 15) is 0 Å². The van der Waals surface area contributed by atoms with Gasteiger partial charge in [0.1, 0.15) is 0 Å². The predicted octanol–water partition coefficient (Wildman–Crippen LogP) is 2.86. The summed E-state index contributed by atoms with van der Waals surface area (Å²) in [5.74, 6) is 1.18. The quantitative estimate of drug-likeness (QED) is 0.829. The first kappa shape index (κ1) is 10.4. The first-order valence-corrected chi connectivity index (χ1v) is 6.21. The maximum atomic E-state index is 8.67. The van der Waals surface area contributed by atoms with Crippen molar-refractivity contribution in [3.63, 3.8) is 0 Å². The number of rotatable bonds is 2. The Kier molecular flexibility index (Phi) is 3.17. The number of nitrogens with one attached hydrogen (secondary N) is 1. The molecule has 1 aromatic carbocycles. The van der Waals surface area contributed by atoms with Crippen molar-refractivity contribution < 1.29 is 0 Å². The highest BCUT2D eigenvalue weighted by Crippen LogP contribution is 2.28. The fraction of sp³-hybridized carbons (Fsp3) is 0.417. The molecule has 3 heteroatoms. The molecular formula is C12H14N2S. The molecule has 1 heterocycles. The van der Waals surface area contributed by atoms with E-state index in [2.05, 4.69) is 18.3 Å². The Balaban J connectivity index is 1.96. The second kappa shape index (κ2) is 4.59. The van der Waals surface area contributed by atoms with Gasteiger partial charge >= 0.3 is 0 Å². The van der Waals surface area contributed by atoms with Gasteiger partial charge in [-0.25, -0.2) is 0 Å². The van der Waals surface area contributed by atoms with Gasteiger partial charge in [0.05, 0.1) is 11.6 Å². The number of nitrogens with zero attached hydrogens (tertiary/aromatic N) is 1. The Hall–Kier alpha value is -1.14. The van der Waals surface area contributed by atoms with Crippen molar-refractivity contribution in [1.29, 1.82) is 5.26 Å². The van der Waals surface area contributed by atoms with Crippen LogP contribution < -0.4 is 5.32 Å². The molecule has 0 aliphatic carbocycles. The highest BCUT2D eigenvalue weighted by Gasteiger charge is 2.21. The van der Waals surface area contributed by atoms with Gasteiger partial charge in [0.15, 0.2) is 0 Å². The molecule has 0 aromatic heterocycles. The van der Waals surface area contributed by atoms with E-state index < -0.39 is 0 Å². The van der Waals surface area contributed by atoms with E-state index >= 15 is 0 Å². The lowest BCUT2D eigenvalue weighted by Gasteiger charge is -2.12. The summed E-state index contributed by atoms with van der Waals surface area (Å²) < 4.78 is 0. The molecule has 1 aliphatic rings. The van der Waals surface area contributed by atoms with Crippen LogP contribution in [0.2, 0.25) is 0 Å². The van der Waals surface area contributed by atoms with Crippen LogP contribution in [-0.4, -0.2) is 17.0 Å². The molecule has 1 aliphatic heterocycles. The number of nitriles is 1. The van der Waals surface area contributed by atoms with E-state index in [1.54, 1.807) is 0 Å². The Bertz CT molecular complexity index is 366. The van der Waals surface area contributed by atoms with Crippen LogP contribution in [0, 0.1) is 11.3 Å². The van der Waals surface area contributed by atoms with E-state index in [0.29, 0.717) is 6.04 Å². The van der Waals surface area contributed by atoms with Gasteiger partial charge in [0.2, 0.25) is 0 Å². The molecule has 15 heavy (non-hydrogen) atoms. The van der Waals surface area contributed by atoms with Gasteiger partial charge in [-0.2, -0.15) is 17.0 Å². The number of hydrogen-bond donors (Lipinski definition) is 1. The van der Waals surface area contributed by atoms with Crippen LogP contribution in [0.4, 0.5) is 5.69 Å². The van der Waals surface area contributed by atoms with E-state index in [1.165, 1.54) is 12.2 Å². The molecule has 2 rings (SSSR count). The first-order chi connectivity index (χ1) is 7.28. The van der Waals surface area contributed by atoms with Crippen molar-refractivity contribution in [2.24, 2.45) is 0 Å². The molecular weight excluding hydrogens is 204 g/mol. The fourth-order valence-corrected chi connectivity index (χ4v) is 2.94. The lowest BCUT2D eigenvalue weighted by molar-refractivity contribution is 0.747. The highest BCUT2D eigenvalue weighted by molar-refractivity contribution is 8.00. The van der Waals surface area contributed by atoms with Gasteiger partial charge in [0, 0.05) is 22.7 Å². The summed E-state index contributed by atoms with van der Waals surface area (Å²) in [4.78, 5) is 0. The number of benzene rings is 1.